The minimum absolute atomic E-state index is 0.0299. The molecule has 8 heteroatoms. The van der Waals surface area contributed by atoms with Crippen molar-refractivity contribution < 1.29 is 17.9 Å². The summed E-state index contributed by atoms with van der Waals surface area (Å²) in [5.74, 6) is -0.248. The van der Waals surface area contributed by atoms with E-state index in [2.05, 4.69) is 10.2 Å². The zero-order valence-electron chi connectivity index (χ0n) is 17.6. The molecule has 2 aromatic rings. The molecule has 2 fully saturated rings. The summed E-state index contributed by atoms with van der Waals surface area (Å²) in [5.41, 5.74) is 3.02. The highest BCUT2D eigenvalue weighted by Gasteiger charge is 2.24. The smallest absolute Gasteiger partial charge is 0.255 e. The number of nitrogens with zero attached hydrogens (tertiary/aromatic N) is 2. The number of hydrogen-bond donors (Lipinski definition) is 1. The molecule has 1 amide bonds. The maximum Gasteiger partial charge on any atom is 0.255 e. The van der Waals surface area contributed by atoms with E-state index >= 15 is 0 Å². The second-order valence-corrected chi connectivity index (χ2v) is 9.98. The van der Waals surface area contributed by atoms with Gasteiger partial charge in [0.25, 0.3) is 5.91 Å². The van der Waals surface area contributed by atoms with Crippen molar-refractivity contribution in [3.8, 4) is 0 Å². The zero-order valence-corrected chi connectivity index (χ0v) is 18.4. The van der Waals surface area contributed by atoms with E-state index in [1.54, 1.807) is 28.6 Å². The maximum atomic E-state index is 12.6. The van der Waals surface area contributed by atoms with Crippen LogP contribution in [0.4, 0.5) is 11.4 Å². The molecule has 0 aromatic heterocycles. The number of carbonyl (C=O) groups excluding carboxylic acids is 1. The molecule has 31 heavy (non-hydrogen) atoms. The van der Waals surface area contributed by atoms with Crippen LogP contribution in [0.25, 0.3) is 0 Å². The zero-order chi connectivity index (χ0) is 21.7. The molecule has 0 bridgehead atoms. The maximum absolute atomic E-state index is 12.6. The van der Waals surface area contributed by atoms with Gasteiger partial charge in [0.1, 0.15) is 0 Å². The van der Waals surface area contributed by atoms with E-state index in [-0.39, 0.29) is 11.7 Å². The van der Waals surface area contributed by atoms with Crippen LogP contribution in [-0.2, 0) is 20.5 Å². The molecule has 0 aliphatic carbocycles. The van der Waals surface area contributed by atoms with Gasteiger partial charge in [-0.25, -0.2) is 12.7 Å². The summed E-state index contributed by atoms with van der Waals surface area (Å²) in [4.78, 5) is 14.8. The largest absolute Gasteiger partial charge is 0.378 e. The van der Waals surface area contributed by atoms with E-state index in [0.717, 1.165) is 56.9 Å². The van der Waals surface area contributed by atoms with Gasteiger partial charge in [-0.3, -0.25) is 4.79 Å². The van der Waals surface area contributed by atoms with Gasteiger partial charge < -0.3 is 15.0 Å². The van der Waals surface area contributed by atoms with Crippen LogP contribution in [0.1, 0.15) is 35.2 Å². The van der Waals surface area contributed by atoms with Gasteiger partial charge in [0.2, 0.25) is 10.0 Å². The Kier molecular flexibility index (Phi) is 6.89. The lowest BCUT2D eigenvalue weighted by Gasteiger charge is -2.28. The van der Waals surface area contributed by atoms with Crippen molar-refractivity contribution in [3.63, 3.8) is 0 Å². The topological polar surface area (TPSA) is 79.0 Å². The third-order valence-electron chi connectivity index (χ3n) is 5.78. The van der Waals surface area contributed by atoms with Crippen molar-refractivity contribution in [3.05, 3.63) is 59.7 Å². The number of carbonyl (C=O) groups is 1. The standard InChI is InChI=1S/C23H29N3O4S/c27-23(24-21-8-10-22(11-9-21)25-14-16-30-17-15-25)20-6-4-19(5-7-20)18-31(28,29)26-12-2-1-3-13-26/h4-11H,1-3,12-18H2,(H,24,27). The number of sulfonamides is 1. The third-order valence-corrected chi connectivity index (χ3v) is 7.63. The van der Waals surface area contributed by atoms with Crippen molar-refractivity contribution in [1.29, 1.82) is 0 Å². The number of hydrogen-bond acceptors (Lipinski definition) is 5. The molecule has 0 atom stereocenters. The molecule has 2 heterocycles. The highest BCUT2D eigenvalue weighted by Crippen LogP contribution is 2.20. The van der Waals surface area contributed by atoms with Crippen molar-refractivity contribution in [2.24, 2.45) is 0 Å². The minimum Gasteiger partial charge on any atom is -0.378 e. The second-order valence-electron chi connectivity index (χ2n) is 8.01. The highest BCUT2D eigenvalue weighted by atomic mass is 32.2. The van der Waals surface area contributed by atoms with Gasteiger partial charge in [0, 0.05) is 43.1 Å². The molecule has 2 aromatic carbocycles. The first-order chi connectivity index (χ1) is 15.0. The lowest BCUT2D eigenvalue weighted by Crippen LogP contribution is -2.36. The molecule has 2 saturated heterocycles. The fourth-order valence-corrected chi connectivity index (χ4v) is 5.59. The summed E-state index contributed by atoms with van der Waals surface area (Å²) in [6.45, 7) is 4.40. The van der Waals surface area contributed by atoms with E-state index in [1.807, 2.05) is 24.3 Å². The Morgan fingerprint density at radius 1 is 0.871 bits per heavy atom. The molecule has 0 saturated carbocycles. The van der Waals surface area contributed by atoms with Crippen LogP contribution in [-0.4, -0.2) is 58.0 Å². The number of ether oxygens (including phenoxy) is 1. The minimum atomic E-state index is -3.31. The summed E-state index contributed by atoms with van der Waals surface area (Å²) in [6, 6.07) is 14.6. The second kappa shape index (κ2) is 9.80. The van der Waals surface area contributed by atoms with Crippen molar-refractivity contribution in [1.82, 2.24) is 4.31 Å². The van der Waals surface area contributed by atoms with Gasteiger partial charge >= 0.3 is 0 Å². The molecule has 2 aliphatic rings. The summed E-state index contributed by atoms with van der Waals surface area (Å²) in [5, 5.41) is 2.90. The van der Waals surface area contributed by atoms with Crippen LogP contribution < -0.4 is 10.2 Å². The number of nitrogens with one attached hydrogen (secondary N) is 1. The SMILES string of the molecule is O=C(Nc1ccc(N2CCOCC2)cc1)c1ccc(CS(=O)(=O)N2CCCCC2)cc1. The average Bonchev–Trinajstić information content (AvgIpc) is 2.81. The fourth-order valence-electron chi connectivity index (χ4n) is 3.98. The van der Waals surface area contributed by atoms with Crippen molar-refractivity contribution >= 4 is 27.3 Å². The lowest BCUT2D eigenvalue weighted by atomic mass is 10.1. The Balaban J connectivity index is 1.34. The monoisotopic (exact) mass is 443 g/mol. The first kappa shape index (κ1) is 21.8. The number of rotatable bonds is 6. The first-order valence-electron chi connectivity index (χ1n) is 10.8. The molecular formula is C23H29N3O4S. The van der Waals surface area contributed by atoms with Gasteiger partial charge in [0.15, 0.2) is 0 Å². The summed E-state index contributed by atoms with van der Waals surface area (Å²) in [6.07, 6.45) is 2.93. The molecule has 7 nitrogen and oxygen atoms in total. The van der Waals surface area contributed by atoms with Crippen LogP contribution in [0.2, 0.25) is 0 Å². The van der Waals surface area contributed by atoms with Crippen LogP contribution in [0.5, 0.6) is 0 Å². The number of amides is 1. The van der Waals surface area contributed by atoms with Gasteiger partial charge in [-0.1, -0.05) is 18.6 Å². The number of piperidine rings is 1. The molecule has 0 spiro atoms. The van der Waals surface area contributed by atoms with Crippen LogP contribution in [0, 0.1) is 0 Å². The average molecular weight is 444 g/mol. The van der Waals surface area contributed by atoms with Crippen molar-refractivity contribution in [2.75, 3.05) is 49.6 Å². The van der Waals surface area contributed by atoms with Gasteiger partial charge in [-0.2, -0.15) is 0 Å². The van der Waals surface area contributed by atoms with Gasteiger partial charge in [-0.15, -0.1) is 0 Å². The fraction of sp³-hybridized carbons (Fsp3) is 0.435. The quantitative estimate of drug-likeness (QED) is 0.742. The Morgan fingerprint density at radius 3 is 2.16 bits per heavy atom. The predicted octanol–water partition coefficient (Wildman–Crippen LogP) is 3.09. The Hall–Kier alpha value is -2.42. The Labute approximate surface area is 184 Å². The third kappa shape index (κ3) is 5.64. The predicted molar refractivity (Wildman–Crippen MR) is 122 cm³/mol. The number of benzene rings is 2. The molecule has 4 rings (SSSR count). The van der Waals surface area contributed by atoms with E-state index < -0.39 is 10.0 Å². The summed E-state index contributed by atoms with van der Waals surface area (Å²) < 4.78 is 32.1. The van der Waals surface area contributed by atoms with Crippen LogP contribution in [0.3, 0.4) is 0 Å². The van der Waals surface area contributed by atoms with Gasteiger partial charge in [0.05, 0.1) is 19.0 Å². The number of anilines is 2. The normalized spacial score (nSPS) is 18.0. The lowest BCUT2D eigenvalue weighted by molar-refractivity contribution is 0.102. The Bertz CT molecular complexity index is 978. The van der Waals surface area contributed by atoms with Crippen LogP contribution >= 0.6 is 0 Å². The van der Waals surface area contributed by atoms with Gasteiger partial charge in [-0.05, 0) is 54.8 Å². The van der Waals surface area contributed by atoms with Crippen molar-refractivity contribution in [2.45, 2.75) is 25.0 Å². The first-order valence-corrected chi connectivity index (χ1v) is 12.4. The van der Waals surface area contributed by atoms with E-state index in [0.29, 0.717) is 24.2 Å². The molecule has 0 radical (unpaired) electrons. The molecule has 0 unspecified atom stereocenters. The number of morpholine rings is 1. The summed E-state index contributed by atoms with van der Waals surface area (Å²) >= 11 is 0. The van der Waals surface area contributed by atoms with E-state index in [4.69, 9.17) is 4.74 Å². The van der Waals surface area contributed by atoms with E-state index in [9.17, 15) is 13.2 Å². The Morgan fingerprint density at radius 2 is 1.52 bits per heavy atom. The highest BCUT2D eigenvalue weighted by molar-refractivity contribution is 7.88. The molecule has 1 N–H and O–H groups in total. The van der Waals surface area contributed by atoms with E-state index in [1.165, 1.54) is 0 Å². The molecular weight excluding hydrogens is 414 g/mol. The van der Waals surface area contributed by atoms with Crippen LogP contribution in [0.15, 0.2) is 48.5 Å². The molecule has 166 valence electrons. The molecule has 2 aliphatic heterocycles. The summed E-state index contributed by atoms with van der Waals surface area (Å²) in [7, 11) is -3.31.